The molecular formula is C12H8ClFN2O. The number of nitrogen functional groups attached to an aromatic ring is 1. The maximum atomic E-state index is 13.8. The maximum absolute atomic E-state index is 13.8. The quantitative estimate of drug-likeness (QED) is 0.834. The van der Waals surface area contributed by atoms with Gasteiger partial charge in [-0.2, -0.15) is 0 Å². The zero-order valence-corrected chi connectivity index (χ0v) is 9.41. The molecule has 0 radical (unpaired) electrons. The van der Waals surface area contributed by atoms with Crippen LogP contribution < -0.4 is 5.73 Å². The molecule has 86 valence electrons. The molecule has 0 atom stereocenters. The highest BCUT2D eigenvalue weighted by molar-refractivity contribution is 6.30. The van der Waals surface area contributed by atoms with Gasteiger partial charge in [0.25, 0.3) is 0 Å². The standard InChI is InChI=1S/C12H8ClFN2O/c13-8-3-1-7(2-4-8)12-11(14)10(15)5-9(6-17)16-12/h1-6H,(H2,15,16). The van der Waals surface area contributed by atoms with Gasteiger partial charge in [0, 0.05) is 10.6 Å². The van der Waals surface area contributed by atoms with E-state index in [0.717, 1.165) is 0 Å². The van der Waals surface area contributed by atoms with Crippen molar-refractivity contribution in [3.05, 3.63) is 46.9 Å². The van der Waals surface area contributed by atoms with E-state index in [1.807, 2.05) is 0 Å². The van der Waals surface area contributed by atoms with Gasteiger partial charge in [0.05, 0.1) is 5.69 Å². The SMILES string of the molecule is Nc1cc(C=O)nc(-c2ccc(Cl)cc2)c1F. The fourth-order valence-electron chi connectivity index (χ4n) is 1.43. The molecule has 0 spiro atoms. The minimum absolute atomic E-state index is 0.0452. The molecule has 0 amide bonds. The summed E-state index contributed by atoms with van der Waals surface area (Å²) < 4.78 is 13.8. The predicted octanol–water partition coefficient (Wildman–Crippen LogP) is 2.94. The van der Waals surface area contributed by atoms with Crippen molar-refractivity contribution < 1.29 is 9.18 Å². The van der Waals surface area contributed by atoms with Crippen molar-refractivity contribution in [2.45, 2.75) is 0 Å². The average molecular weight is 251 g/mol. The summed E-state index contributed by atoms with van der Waals surface area (Å²) in [5.74, 6) is -0.641. The molecular weight excluding hydrogens is 243 g/mol. The maximum Gasteiger partial charge on any atom is 0.172 e. The molecule has 0 aliphatic heterocycles. The van der Waals surface area contributed by atoms with Gasteiger partial charge in [-0.3, -0.25) is 4.79 Å². The average Bonchev–Trinajstić information content (AvgIpc) is 2.34. The Labute approximate surface area is 102 Å². The van der Waals surface area contributed by atoms with Crippen LogP contribution in [0.15, 0.2) is 30.3 Å². The predicted molar refractivity (Wildman–Crippen MR) is 64.4 cm³/mol. The Bertz CT molecular complexity index is 569. The van der Waals surface area contributed by atoms with Crippen LogP contribution in [0.2, 0.25) is 5.02 Å². The summed E-state index contributed by atoms with van der Waals surface area (Å²) in [4.78, 5) is 14.5. The molecule has 0 aliphatic carbocycles. The molecule has 2 rings (SSSR count). The Hall–Kier alpha value is -1.94. The van der Waals surface area contributed by atoms with Crippen LogP contribution in [-0.4, -0.2) is 11.3 Å². The fourth-order valence-corrected chi connectivity index (χ4v) is 1.56. The van der Waals surface area contributed by atoms with Crippen molar-refractivity contribution in [3.63, 3.8) is 0 Å². The first-order chi connectivity index (χ1) is 8.11. The number of carbonyl (C=O) groups is 1. The van der Waals surface area contributed by atoms with Gasteiger partial charge in [-0.1, -0.05) is 23.7 Å². The van der Waals surface area contributed by atoms with Crippen molar-refractivity contribution in [2.24, 2.45) is 0 Å². The van der Waals surface area contributed by atoms with Crippen LogP contribution in [0.5, 0.6) is 0 Å². The van der Waals surface area contributed by atoms with Crippen molar-refractivity contribution >= 4 is 23.6 Å². The van der Waals surface area contributed by atoms with Crippen LogP contribution in [0.4, 0.5) is 10.1 Å². The summed E-state index contributed by atoms with van der Waals surface area (Å²) in [5, 5.41) is 0.536. The molecule has 0 saturated carbocycles. The lowest BCUT2D eigenvalue weighted by molar-refractivity contribution is 0.111. The highest BCUT2D eigenvalue weighted by atomic mass is 35.5. The van der Waals surface area contributed by atoms with Gasteiger partial charge < -0.3 is 5.73 Å². The monoisotopic (exact) mass is 250 g/mol. The van der Waals surface area contributed by atoms with Crippen molar-refractivity contribution in [3.8, 4) is 11.3 Å². The first-order valence-corrected chi connectivity index (χ1v) is 5.16. The molecule has 5 heteroatoms. The molecule has 17 heavy (non-hydrogen) atoms. The van der Waals surface area contributed by atoms with E-state index in [2.05, 4.69) is 4.98 Å². The second-order valence-electron chi connectivity index (χ2n) is 3.42. The Kier molecular flexibility index (Phi) is 3.06. The van der Waals surface area contributed by atoms with E-state index in [4.69, 9.17) is 17.3 Å². The summed E-state index contributed by atoms with van der Waals surface area (Å²) in [6, 6.07) is 7.65. The second kappa shape index (κ2) is 4.51. The number of rotatable bonds is 2. The van der Waals surface area contributed by atoms with E-state index in [9.17, 15) is 9.18 Å². The highest BCUT2D eigenvalue weighted by Crippen LogP contribution is 2.25. The molecule has 0 unspecified atom stereocenters. The number of nitrogens with two attached hydrogens (primary N) is 1. The zero-order valence-electron chi connectivity index (χ0n) is 8.65. The summed E-state index contributed by atoms with van der Waals surface area (Å²) in [7, 11) is 0. The van der Waals surface area contributed by atoms with Crippen LogP contribution >= 0.6 is 11.6 Å². The number of aromatic nitrogens is 1. The van der Waals surface area contributed by atoms with E-state index in [1.54, 1.807) is 24.3 Å². The number of pyridine rings is 1. The van der Waals surface area contributed by atoms with Gasteiger partial charge >= 0.3 is 0 Å². The molecule has 0 saturated heterocycles. The Morgan fingerprint density at radius 3 is 2.53 bits per heavy atom. The highest BCUT2D eigenvalue weighted by Gasteiger charge is 2.12. The number of hydrogen-bond donors (Lipinski definition) is 1. The fraction of sp³-hybridized carbons (Fsp3) is 0. The van der Waals surface area contributed by atoms with Gasteiger partial charge in [0.2, 0.25) is 0 Å². The molecule has 2 N–H and O–H groups in total. The normalized spacial score (nSPS) is 10.2. The summed E-state index contributed by atoms with van der Waals surface area (Å²) in [5.41, 5.74) is 6.01. The molecule has 1 aromatic heterocycles. The largest absolute Gasteiger partial charge is 0.396 e. The summed E-state index contributed by atoms with van der Waals surface area (Å²) in [6.07, 6.45) is 0.523. The lowest BCUT2D eigenvalue weighted by Crippen LogP contribution is -2.00. The third kappa shape index (κ3) is 2.26. The molecule has 2 aromatic rings. The number of anilines is 1. The first kappa shape index (κ1) is 11.5. The van der Waals surface area contributed by atoms with Gasteiger partial charge in [-0.05, 0) is 18.2 Å². The van der Waals surface area contributed by atoms with Crippen LogP contribution in [0.25, 0.3) is 11.3 Å². The molecule has 0 aliphatic rings. The number of hydrogen-bond acceptors (Lipinski definition) is 3. The van der Waals surface area contributed by atoms with E-state index in [-0.39, 0.29) is 17.1 Å². The number of halogens is 2. The smallest absolute Gasteiger partial charge is 0.172 e. The van der Waals surface area contributed by atoms with Gasteiger partial charge in [0.15, 0.2) is 12.1 Å². The van der Waals surface area contributed by atoms with E-state index >= 15 is 0 Å². The zero-order chi connectivity index (χ0) is 12.4. The summed E-state index contributed by atoms with van der Waals surface area (Å²) >= 11 is 5.73. The van der Waals surface area contributed by atoms with E-state index in [1.165, 1.54) is 6.07 Å². The minimum Gasteiger partial charge on any atom is -0.396 e. The second-order valence-corrected chi connectivity index (χ2v) is 3.86. The molecule has 3 nitrogen and oxygen atoms in total. The molecule has 0 bridgehead atoms. The van der Waals surface area contributed by atoms with E-state index in [0.29, 0.717) is 16.9 Å². The van der Waals surface area contributed by atoms with Crippen LogP contribution in [0.3, 0.4) is 0 Å². The van der Waals surface area contributed by atoms with Crippen LogP contribution in [0.1, 0.15) is 10.5 Å². The van der Waals surface area contributed by atoms with E-state index < -0.39 is 5.82 Å². The van der Waals surface area contributed by atoms with Crippen molar-refractivity contribution in [1.29, 1.82) is 0 Å². The lowest BCUT2D eigenvalue weighted by atomic mass is 10.1. The first-order valence-electron chi connectivity index (χ1n) is 4.79. The Balaban J connectivity index is 2.61. The number of benzene rings is 1. The van der Waals surface area contributed by atoms with Crippen molar-refractivity contribution in [2.75, 3.05) is 5.73 Å². The van der Waals surface area contributed by atoms with Crippen LogP contribution in [0, 0.1) is 5.82 Å². The van der Waals surface area contributed by atoms with Crippen molar-refractivity contribution in [1.82, 2.24) is 4.98 Å². The van der Waals surface area contributed by atoms with Gasteiger partial charge in [-0.15, -0.1) is 0 Å². The number of carbonyl (C=O) groups excluding carboxylic acids is 1. The molecule has 0 fully saturated rings. The molecule has 1 heterocycles. The molecule has 1 aromatic carbocycles. The minimum atomic E-state index is -0.641. The van der Waals surface area contributed by atoms with Gasteiger partial charge in [0.1, 0.15) is 11.4 Å². The topological polar surface area (TPSA) is 56.0 Å². The number of aldehydes is 1. The Morgan fingerprint density at radius 1 is 1.29 bits per heavy atom. The van der Waals surface area contributed by atoms with Crippen LogP contribution in [-0.2, 0) is 0 Å². The van der Waals surface area contributed by atoms with Gasteiger partial charge in [-0.25, -0.2) is 9.37 Å². The summed E-state index contributed by atoms with van der Waals surface area (Å²) in [6.45, 7) is 0. The Morgan fingerprint density at radius 2 is 1.94 bits per heavy atom. The third-order valence-corrected chi connectivity index (χ3v) is 2.50. The third-order valence-electron chi connectivity index (χ3n) is 2.24. The number of nitrogens with zero attached hydrogens (tertiary/aromatic N) is 1. The lowest BCUT2D eigenvalue weighted by Gasteiger charge is -2.06.